The summed E-state index contributed by atoms with van der Waals surface area (Å²) in [6.07, 6.45) is -2.47. The van der Waals surface area contributed by atoms with Gasteiger partial charge in [0, 0.05) is 13.1 Å². The van der Waals surface area contributed by atoms with Crippen LogP contribution in [-0.2, 0) is 11.3 Å². The van der Waals surface area contributed by atoms with Crippen LogP contribution < -0.4 is 4.74 Å². The monoisotopic (exact) mass is 421 g/mol. The number of nitrogens with zero attached hydrogens (tertiary/aromatic N) is 1. The van der Waals surface area contributed by atoms with Gasteiger partial charge in [-0.25, -0.2) is 0 Å². The Morgan fingerprint density at radius 2 is 1.73 bits per heavy atom. The number of benzene rings is 2. The van der Waals surface area contributed by atoms with Crippen molar-refractivity contribution < 1.29 is 27.8 Å². The lowest BCUT2D eigenvalue weighted by Gasteiger charge is -2.30. The first kappa shape index (κ1) is 21.0. The van der Waals surface area contributed by atoms with Gasteiger partial charge >= 0.3 is 12.1 Å². The van der Waals surface area contributed by atoms with Crippen LogP contribution in [0.25, 0.3) is 10.8 Å². The van der Waals surface area contributed by atoms with Gasteiger partial charge in [0.05, 0.1) is 17.9 Å². The van der Waals surface area contributed by atoms with Crippen molar-refractivity contribution in [2.75, 3.05) is 13.1 Å². The summed E-state index contributed by atoms with van der Waals surface area (Å²) in [5, 5.41) is 11.2. The second-order valence-electron chi connectivity index (χ2n) is 8.54. The van der Waals surface area contributed by atoms with Gasteiger partial charge in [0.1, 0.15) is 5.75 Å². The molecule has 1 aliphatic heterocycles. The van der Waals surface area contributed by atoms with Gasteiger partial charge in [-0.15, -0.1) is 0 Å². The van der Waals surface area contributed by atoms with Crippen LogP contribution in [0.2, 0.25) is 0 Å². The zero-order valence-corrected chi connectivity index (χ0v) is 16.7. The van der Waals surface area contributed by atoms with Crippen LogP contribution in [0.5, 0.6) is 5.75 Å². The van der Waals surface area contributed by atoms with Crippen molar-refractivity contribution in [3.8, 4) is 5.75 Å². The number of aliphatic carboxylic acids is 1. The van der Waals surface area contributed by atoms with E-state index in [0.29, 0.717) is 31.6 Å². The van der Waals surface area contributed by atoms with E-state index in [1.165, 1.54) is 0 Å². The minimum absolute atomic E-state index is 0.129. The summed E-state index contributed by atoms with van der Waals surface area (Å²) in [7, 11) is 0. The lowest BCUT2D eigenvalue weighted by atomic mass is 9.87. The molecule has 1 atom stereocenters. The highest BCUT2D eigenvalue weighted by Gasteiger charge is 2.41. The molecule has 0 radical (unpaired) electrons. The molecule has 2 aromatic rings. The van der Waals surface area contributed by atoms with Crippen molar-refractivity contribution >= 4 is 16.7 Å². The largest absolute Gasteiger partial charge is 0.490 e. The highest BCUT2D eigenvalue weighted by molar-refractivity contribution is 5.84. The standard InChI is InChI=1S/C23H26F3NO3/c24-23(25,26)19-4-7-20(8-5-19)30-21-6-3-16-11-15(1-2-17(16)12-21)13-27-10-9-18(14-27)22(28)29/h1-3,6,11-12,18-20H,4-5,7-10,13-14H2,(H,28,29). The van der Waals surface area contributed by atoms with Gasteiger partial charge in [-0.05, 0) is 73.2 Å². The molecule has 7 heteroatoms. The van der Waals surface area contributed by atoms with E-state index < -0.39 is 18.1 Å². The maximum Gasteiger partial charge on any atom is 0.391 e. The molecule has 4 rings (SSSR count). The molecule has 1 aliphatic carbocycles. The van der Waals surface area contributed by atoms with Crippen LogP contribution in [-0.4, -0.2) is 41.3 Å². The van der Waals surface area contributed by atoms with E-state index in [-0.39, 0.29) is 24.9 Å². The number of fused-ring (bicyclic) bond motifs is 1. The average Bonchev–Trinajstić information content (AvgIpc) is 3.17. The van der Waals surface area contributed by atoms with E-state index in [9.17, 15) is 18.0 Å². The maximum absolute atomic E-state index is 12.8. The van der Waals surface area contributed by atoms with Crippen molar-refractivity contribution in [3.63, 3.8) is 0 Å². The Kier molecular flexibility index (Phi) is 5.91. The molecule has 30 heavy (non-hydrogen) atoms. The van der Waals surface area contributed by atoms with Crippen molar-refractivity contribution in [1.29, 1.82) is 0 Å². The Morgan fingerprint density at radius 3 is 2.40 bits per heavy atom. The zero-order valence-electron chi connectivity index (χ0n) is 16.7. The number of alkyl halides is 3. The Hall–Kier alpha value is -2.28. The van der Waals surface area contributed by atoms with E-state index in [2.05, 4.69) is 11.0 Å². The van der Waals surface area contributed by atoms with E-state index in [0.717, 1.165) is 29.4 Å². The lowest BCUT2D eigenvalue weighted by molar-refractivity contribution is -0.185. The van der Waals surface area contributed by atoms with Crippen molar-refractivity contribution in [2.24, 2.45) is 11.8 Å². The van der Waals surface area contributed by atoms with Crippen LogP contribution in [0.1, 0.15) is 37.7 Å². The van der Waals surface area contributed by atoms with E-state index >= 15 is 0 Å². The third kappa shape index (κ3) is 4.89. The minimum Gasteiger partial charge on any atom is -0.490 e. The van der Waals surface area contributed by atoms with Gasteiger partial charge in [0.15, 0.2) is 0 Å². The van der Waals surface area contributed by atoms with Crippen molar-refractivity contribution in [1.82, 2.24) is 4.90 Å². The summed E-state index contributed by atoms with van der Waals surface area (Å²) in [4.78, 5) is 13.3. The molecule has 1 saturated heterocycles. The molecular formula is C23H26F3NO3. The van der Waals surface area contributed by atoms with Gasteiger partial charge in [0.25, 0.3) is 0 Å². The number of ether oxygens (including phenoxy) is 1. The van der Waals surface area contributed by atoms with E-state index in [4.69, 9.17) is 9.84 Å². The average molecular weight is 421 g/mol. The Morgan fingerprint density at radius 1 is 1.03 bits per heavy atom. The van der Waals surface area contributed by atoms with E-state index in [1.807, 2.05) is 30.3 Å². The third-order valence-corrected chi connectivity index (χ3v) is 6.34. The fourth-order valence-corrected chi connectivity index (χ4v) is 4.58. The molecule has 0 aromatic heterocycles. The predicted molar refractivity (Wildman–Crippen MR) is 107 cm³/mol. The molecule has 4 nitrogen and oxygen atoms in total. The van der Waals surface area contributed by atoms with Crippen LogP contribution in [0.4, 0.5) is 13.2 Å². The predicted octanol–water partition coefficient (Wildman–Crippen LogP) is 5.25. The number of hydrogen-bond donors (Lipinski definition) is 1. The number of halogens is 3. The van der Waals surface area contributed by atoms with Crippen LogP contribution in [0.15, 0.2) is 36.4 Å². The molecular weight excluding hydrogens is 395 g/mol. The maximum atomic E-state index is 12.8. The van der Waals surface area contributed by atoms with Crippen LogP contribution >= 0.6 is 0 Å². The van der Waals surface area contributed by atoms with Crippen LogP contribution in [0.3, 0.4) is 0 Å². The second kappa shape index (κ2) is 8.46. The van der Waals surface area contributed by atoms with E-state index in [1.54, 1.807) is 0 Å². The molecule has 0 amide bonds. The molecule has 0 spiro atoms. The molecule has 2 aromatic carbocycles. The van der Waals surface area contributed by atoms with Crippen LogP contribution in [0, 0.1) is 11.8 Å². The fourth-order valence-electron chi connectivity index (χ4n) is 4.58. The Labute approximate surface area is 173 Å². The Bertz CT molecular complexity index is 906. The molecule has 2 fully saturated rings. The molecule has 1 heterocycles. The SMILES string of the molecule is O=C(O)C1CCN(Cc2ccc3cc(OC4CCC(C(F)(F)F)CC4)ccc3c2)C1. The molecule has 0 bridgehead atoms. The number of hydrogen-bond acceptors (Lipinski definition) is 3. The molecule has 1 N–H and O–H groups in total. The fraction of sp³-hybridized carbons (Fsp3) is 0.522. The van der Waals surface area contributed by atoms with Crippen molar-refractivity contribution in [3.05, 3.63) is 42.0 Å². The summed E-state index contributed by atoms with van der Waals surface area (Å²) in [5.41, 5.74) is 1.13. The molecule has 1 unspecified atom stereocenters. The molecule has 2 aliphatic rings. The summed E-state index contributed by atoms with van der Waals surface area (Å²) in [6, 6.07) is 11.9. The smallest absolute Gasteiger partial charge is 0.391 e. The molecule has 1 saturated carbocycles. The van der Waals surface area contributed by atoms with Gasteiger partial charge < -0.3 is 9.84 Å². The number of likely N-dealkylation sites (tertiary alicyclic amines) is 1. The minimum atomic E-state index is -4.10. The van der Waals surface area contributed by atoms with Gasteiger partial charge in [-0.1, -0.05) is 18.2 Å². The summed E-state index contributed by atoms with van der Waals surface area (Å²) >= 11 is 0. The number of carboxylic acids is 1. The summed E-state index contributed by atoms with van der Waals surface area (Å²) < 4.78 is 44.4. The highest BCUT2D eigenvalue weighted by atomic mass is 19.4. The molecule has 162 valence electrons. The summed E-state index contributed by atoms with van der Waals surface area (Å²) in [6.45, 7) is 2.09. The summed E-state index contributed by atoms with van der Waals surface area (Å²) in [5.74, 6) is -1.52. The number of carboxylic acid groups (broad SMARTS) is 1. The van der Waals surface area contributed by atoms with Gasteiger partial charge in [0.2, 0.25) is 0 Å². The van der Waals surface area contributed by atoms with Gasteiger partial charge in [-0.3, -0.25) is 9.69 Å². The lowest BCUT2D eigenvalue weighted by Crippen LogP contribution is -2.31. The zero-order chi connectivity index (χ0) is 21.3. The highest BCUT2D eigenvalue weighted by Crippen LogP contribution is 2.38. The first-order valence-corrected chi connectivity index (χ1v) is 10.5. The van der Waals surface area contributed by atoms with Crippen molar-refractivity contribution in [2.45, 2.75) is 50.9 Å². The second-order valence-corrected chi connectivity index (χ2v) is 8.54. The normalized spacial score (nSPS) is 25.5. The topological polar surface area (TPSA) is 49.8 Å². The first-order chi connectivity index (χ1) is 14.3. The quantitative estimate of drug-likeness (QED) is 0.717. The number of rotatable bonds is 5. The van der Waals surface area contributed by atoms with Gasteiger partial charge in [-0.2, -0.15) is 13.2 Å². The first-order valence-electron chi connectivity index (χ1n) is 10.5. The third-order valence-electron chi connectivity index (χ3n) is 6.34. The number of carbonyl (C=O) groups is 1. The Balaban J connectivity index is 1.36.